The Kier molecular flexibility index (Phi) is 9.53. The molecule has 2 heterocycles. The van der Waals surface area contributed by atoms with E-state index in [1.54, 1.807) is 18.2 Å². The average molecular weight is 546 g/mol. The smallest absolute Gasteiger partial charge is 0.305 e. The van der Waals surface area contributed by atoms with Gasteiger partial charge in [-0.15, -0.1) is 11.3 Å². The molecule has 0 aliphatic carbocycles. The zero-order chi connectivity index (χ0) is 27.2. The molecule has 2 N–H and O–H groups in total. The minimum atomic E-state index is -0.956. The number of thiophene rings is 1. The van der Waals surface area contributed by atoms with Crippen LogP contribution in [0, 0.1) is 5.41 Å². The van der Waals surface area contributed by atoms with E-state index in [4.69, 9.17) is 21.7 Å². The van der Waals surface area contributed by atoms with Crippen LogP contribution >= 0.6 is 22.9 Å². The summed E-state index contributed by atoms with van der Waals surface area (Å²) < 4.78 is 0.631. The molecule has 1 aromatic heterocycles. The SMILES string of the molecule is CCCCC1(CC(C)(C)C)N=C(c2ccc(Cl)s2)C(=O)N1CCc1ccc(C(=O)NCCC(=O)O)cc1. The lowest BCUT2D eigenvalue weighted by molar-refractivity contribution is -0.136. The molecule has 0 saturated carbocycles. The van der Waals surface area contributed by atoms with E-state index in [1.807, 2.05) is 23.1 Å². The third-order valence-corrected chi connectivity index (χ3v) is 7.52. The minimum absolute atomic E-state index is 0.0338. The summed E-state index contributed by atoms with van der Waals surface area (Å²) >= 11 is 7.56. The lowest BCUT2D eigenvalue weighted by Gasteiger charge is -2.41. The Bertz CT molecular complexity index is 1150. The number of carboxylic acids is 1. The molecule has 0 spiro atoms. The van der Waals surface area contributed by atoms with E-state index in [0.717, 1.165) is 36.1 Å². The molecule has 0 bridgehead atoms. The van der Waals surface area contributed by atoms with Crippen molar-refractivity contribution in [1.29, 1.82) is 0 Å². The number of benzene rings is 1. The molecule has 1 aromatic carbocycles. The van der Waals surface area contributed by atoms with Crippen molar-refractivity contribution < 1.29 is 19.5 Å². The molecule has 200 valence electrons. The lowest BCUT2D eigenvalue weighted by atomic mass is 9.81. The molecule has 1 aliphatic rings. The van der Waals surface area contributed by atoms with Gasteiger partial charge in [0.25, 0.3) is 11.8 Å². The van der Waals surface area contributed by atoms with Crippen LogP contribution in [0.25, 0.3) is 0 Å². The Morgan fingerprint density at radius 2 is 1.86 bits per heavy atom. The van der Waals surface area contributed by atoms with Gasteiger partial charge in [-0.1, -0.05) is 57.8 Å². The van der Waals surface area contributed by atoms with Gasteiger partial charge in [0.05, 0.1) is 15.6 Å². The molecule has 2 amide bonds. The number of carboxylic acid groups (broad SMARTS) is 1. The number of rotatable bonds is 12. The maximum Gasteiger partial charge on any atom is 0.305 e. The van der Waals surface area contributed by atoms with Crippen molar-refractivity contribution in [2.45, 2.75) is 71.9 Å². The first-order valence-electron chi connectivity index (χ1n) is 12.7. The van der Waals surface area contributed by atoms with Gasteiger partial charge in [-0.3, -0.25) is 14.4 Å². The molecule has 1 aliphatic heterocycles. The van der Waals surface area contributed by atoms with Gasteiger partial charge >= 0.3 is 5.97 Å². The second-order valence-corrected chi connectivity index (χ2v) is 12.4. The number of carbonyl (C=O) groups excluding carboxylic acids is 2. The number of carbonyl (C=O) groups is 3. The maximum atomic E-state index is 13.8. The predicted octanol–water partition coefficient (Wildman–Crippen LogP) is 5.80. The molecule has 2 aromatic rings. The van der Waals surface area contributed by atoms with E-state index in [0.29, 0.717) is 28.6 Å². The van der Waals surface area contributed by atoms with Crippen molar-refractivity contribution in [3.63, 3.8) is 0 Å². The Morgan fingerprint density at radius 3 is 2.43 bits per heavy atom. The fraction of sp³-hybridized carbons (Fsp3) is 0.500. The number of halogens is 1. The molecule has 0 saturated heterocycles. The highest BCUT2D eigenvalue weighted by molar-refractivity contribution is 7.18. The minimum Gasteiger partial charge on any atom is -0.481 e. The first kappa shape index (κ1) is 28.9. The van der Waals surface area contributed by atoms with Crippen LogP contribution in [0.2, 0.25) is 4.34 Å². The van der Waals surface area contributed by atoms with E-state index < -0.39 is 11.6 Å². The Labute approximate surface area is 227 Å². The van der Waals surface area contributed by atoms with Crippen LogP contribution in [0.5, 0.6) is 0 Å². The number of hydrogen-bond acceptors (Lipinski definition) is 5. The summed E-state index contributed by atoms with van der Waals surface area (Å²) in [5.74, 6) is -1.32. The summed E-state index contributed by atoms with van der Waals surface area (Å²) in [6.07, 6.45) is 4.03. The molecule has 7 nitrogen and oxygen atoms in total. The number of nitrogens with one attached hydrogen (secondary N) is 1. The number of aliphatic imine (C=N–C) groups is 1. The number of amides is 2. The van der Waals surface area contributed by atoms with Gasteiger partial charge in [-0.25, -0.2) is 4.99 Å². The standard InChI is InChI=1S/C28H36ClN3O4S/c1-5-6-15-28(18-27(2,3)4)31-24(21-11-12-22(29)37-21)26(36)32(28)17-14-19-7-9-20(10-8-19)25(35)30-16-13-23(33)34/h7-12H,5-6,13-18H2,1-4H3,(H,30,35)(H,33,34). The predicted molar refractivity (Wildman–Crippen MR) is 149 cm³/mol. The van der Waals surface area contributed by atoms with E-state index in [9.17, 15) is 14.4 Å². The highest BCUT2D eigenvalue weighted by Crippen LogP contribution is 2.42. The van der Waals surface area contributed by atoms with Crippen molar-refractivity contribution in [1.82, 2.24) is 10.2 Å². The van der Waals surface area contributed by atoms with Gasteiger partial charge in [-0.2, -0.15) is 0 Å². The maximum absolute atomic E-state index is 13.8. The normalized spacial score (nSPS) is 17.7. The van der Waals surface area contributed by atoms with E-state index >= 15 is 0 Å². The van der Waals surface area contributed by atoms with Gasteiger partial charge in [0.15, 0.2) is 0 Å². The van der Waals surface area contributed by atoms with Crippen molar-refractivity contribution in [3.8, 4) is 0 Å². The van der Waals surface area contributed by atoms with Crippen LogP contribution in [-0.4, -0.2) is 52.3 Å². The molecular weight excluding hydrogens is 510 g/mol. The zero-order valence-electron chi connectivity index (χ0n) is 22.0. The number of hydrogen-bond donors (Lipinski definition) is 2. The largest absolute Gasteiger partial charge is 0.481 e. The monoisotopic (exact) mass is 545 g/mol. The van der Waals surface area contributed by atoms with Crippen molar-refractivity contribution in [3.05, 3.63) is 56.7 Å². The third-order valence-electron chi connectivity index (χ3n) is 6.29. The Hall–Kier alpha value is -2.71. The van der Waals surface area contributed by atoms with Crippen molar-refractivity contribution in [2.24, 2.45) is 10.4 Å². The van der Waals surface area contributed by atoms with E-state index in [-0.39, 0.29) is 30.2 Å². The molecule has 0 fully saturated rings. The number of aliphatic carboxylic acids is 1. The Morgan fingerprint density at radius 1 is 1.16 bits per heavy atom. The highest BCUT2D eigenvalue weighted by atomic mass is 35.5. The fourth-order valence-corrected chi connectivity index (χ4v) is 5.74. The van der Waals surface area contributed by atoms with Crippen LogP contribution in [0.1, 0.15) is 80.6 Å². The first-order valence-corrected chi connectivity index (χ1v) is 13.9. The topological polar surface area (TPSA) is 99.1 Å². The first-order chi connectivity index (χ1) is 17.4. The van der Waals surface area contributed by atoms with Gasteiger partial charge in [0.2, 0.25) is 0 Å². The second-order valence-electron chi connectivity index (χ2n) is 10.7. The second kappa shape index (κ2) is 12.2. The molecule has 1 atom stereocenters. The molecular formula is C28H36ClN3O4S. The molecule has 1 unspecified atom stereocenters. The fourth-order valence-electron chi connectivity index (χ4n) is 4.72. The van der Waals surface area contributed by atoms with Crippen LogP contribution in [0.4, 0.5) is 0 Å². The van der Waals surface area contributed by atoms with Crippen molar-refractivity contribution >= 4 is 46.4 Å². The Balaban J connectivity index is 1.80. The average Bonchev–Trinajstić information content (AvgIpc) is 3.36. The lowest BCUT2D eigenvalue weighted by Crippen LogP contribution is -2.49. The zero-order valence-corrected chi connectivity index (χ0v) is 23.5. The van der Waals surface area contributed by atoms with Gasteiger partial charge in [0.1, 0.15) is 11.4 Å². The quantitative estimate of drug-likeness (QED) is 0.352. The van der Waals surface area contributed by atoms with Crippen LogP contribution < -0.4 is 5.32 Å². The van der Waals surface area contributed by atoms with E-state index in [2.05, 4.69) is 33.0 Å². The van der Waals surface area contributed by atoms with Gasteiger partial charge < -0.3 is 15.3 Å². The summed E-state index contributed by atoms with van der Waals surface area (Å²) in [7, 11) is 0. The van der Waals surface area contributed by atoms with Gasteiger partial charge in [0, 0.05) is 18.7 Å². The summed E-state index contributed by atoms with van der Waals surface area (Å²) in [6, 6.07) is 10.9. The van der Waals surface area contributed by atoms with E-state index in [1.165, 1.54) is 11.3 Å². The molecule has 9 heteroatoms. The van der Waals surface area contributed by atoms with Gasteiger partial charge in [-0.05, 0) is 60.9 Å². The summed E-state index contributed by atoms with van der Waals surface area (Å²) in [5.41, 5.74) is 1.32. The number of unbranched alkanes of at least 4 members (excludes halogenated alkanes) is 1. The third kappa shape index (κ3) is 7.65. The summed E-state index contributed by atoms with van der Waals surface area (Å²) in [4.78, 5) is 44.5. The molecule has 0 radical (unpaired) electrons. The molecule has 37 heavy (non-hydrogen) atoms. The van der Waals surface area contributed by atoms with Crippen LogP contribution in [0.3, 0.4) is 0 Å². The highest BCUT2D eigenvalue weighted by Gasteiger charge is 2.48. The summed E-state index contributed by atoms with van der Waals surface area (Å²) in [6.45, 7) is 9.28. The molecule has 3 rings (SSSR count). The van der Waals surface area contributed by atoms with Crippen molar-refractivity contribution in [2.75, 3.05) is 13.1 Å². The van der Waals surface area contributed by atoms with Crippen LogP contribution in [0.15, 0.2) is 41.4 Å². The number of nitrogens with zero attached hydrogens (tertiary/aromatic N) is 2. The summed E-state index contributed by atoms with van der Waals surface area (Å²) in [5, 5.41) is 11.3. The van der Waals surface area contributed by atoms with Crippen LogP contribution in [-0.2, 0) is 16.0 Å².